The van der Waals surface area contributed by atoms with Gasteiger partial charge in [-0.25, -0.2) is 8.42 Å². The van der Waals surface area contributed by atoms with Crippen LogP contribution in [0.2, 0.25) is 0 Å². The molecular weight excluding hydrogens is 336 g/mol. The number of nitrogens with one attached hydrogen (secondary N) is 2. The zero-order valence-corrected chi connectivity index (χ0v) is 15.3. The maximum absolute atomic E-state index is 12.4. The molecule has 25 heavy (non-hydrogen) atoms. The lowest BCUT2D eigenvalue weighted by Crippen LogP contribution is -2.16. The Morgan fingerprint density at radius 3 is 2.40 bits per heavy atom. The Labute approximate surface area is 149 Å². The molecule has 0 spiro atoms. The highest BCUT2D eigenvalue weighted by atomic mass is 32.2. The van der Waals surface area contributed by atoms with Crippen LogP contribution in [0.3, 0.4) is 0 Å². The lowest BCUT2D eigenvalue weighted by atomic mass is 10.0. The highest BCUT2D eigenvalue weighted by Crippen LogP contribution is 2.20. The fraction of sp³-hybridized carbons (Fsp3) is 0.316. The van der Waals surface area contributed by atoms with Gasteiger partial charge in [-0.3, -0.25) is 9.52 Å². The van der Waals surface area contributed by atoms with E-state index in [1.54, 1.807) is 42.5 Å². The Hall–Kier alpha value is -2.34. The molecular formula is C19H24N2O3S. The SMILES string of the molecule is CCCC(C)CC(=O)Nc1cccc(NS(=O)(=O)c2ccccc2)c1. The summed E-state index contributed by atoms with van der Waals surface area (Å²) in [5, 5.41) is 2.82. The lowest BCUT2D eigenvalue weighted by molar-refractivity contribution is -0.117. The maximum Gasteiger partial charge on any atom is 0.261 e. The van der Waals surface area contributed by atoms with Crippen molar-refractivity contribution in [1.82, 2.24) is 0 Å². The first-order valence-electron chi connectivity index (χ1n) is 8.38. The molecule has 2 N–H and O–H groups in total. The predicted octanol–water partition coefficient (Wildman–Crippen LogP) is 4.25. The minimum Gasteiger partial charge on any atom is -0.326 e. The van der Waals surface area contributed by atoms with E-state index in [1.807, 2.05) is 6.92 Å². The highest BCUT2D eigenvalue weighted by Gasteiger charge is 2.14. The zero-order chi connectivity index (χ0) is 18.3. The van der Waals surface area contributed by atoms with E-state index in [4.69, 9.17) is 0 Å². The molecule has 6 heteroatoms. The van der Waals surface area contributed by atoms with Gasteiger partial charge in [0.2, 0.25) is 5.91 Å². The van der Waals surface area contributed by atoms with Crippen LogP contribution in [-0.2, 0) is 14.8 Å². The average molecular weight is 360 g/mol. The summed E-state index contributed by atoms with van der Waals surface area (Å²) in [7, 11) is -3.65. The first-order valence-corrected chi connectivity index (χ1v) is 9.87. The van der Waals surface area contributed by atoms with Crippen LogP contribution >= 0.6 is 0 Å². The zero-order valence-electron chi connectivity index (χ0n) is 14.5. The van der Waals surface area contributed by atoms with Crippen LogP contribution in [0.15, 0.2) is 59.5 Å². The number of benzene rings is 2. The van der Waals surface area contributed by atoms with Crippen molar-refractivity contribution in [3.63, 3.8) is 0 Å². The molecule has 2 aromatic rings. The Balaban J connectivity index is 2.05. The molecule has 2 rings (SSSR count). The van der Waals surface area contributed by atoms with Gasteiger partial charge in [-0.05, 0) is 36.2 Å². The van der Waals surface area contributed by atoms with Gasteiger partial charge >= 0.3 is 0 Å². The maximum atomic E-state index is 12.4. The van der Waals surface area contributed by atoms with Crippen molar-refractivity contribution < 1.29 is 13.2 Å². The summed E-state index contributed by atoms with van der Waals surface area (Å²) < 4.78 is 27.2. The Kier molecular flexibility index (Phi) is 6.58. The van der Waals surface area contributed by atoms with Gasteiger partial charge < -0.3 is 5.32 Å². The van der Waals surface area contributed by atoms with Crippen molar-refractivity contribution >= 4 is 27.3 Å². The van der Waals surface area contributed by atoms with E-state index >= 15 is 0 Å². The summed E-state index contributed by atoms with van der Waals surface area (Å²) in [6.45, 7) is 4.14. The van der Waals surface area contributed by atoms with Crippen LogP contribution in [0, 0.1) is 5.92 Å². The largest absolute Gasteiger partial charge is 0.326 e. The van der Waals surface area contributed by atoms with Gasteiger partial charge in [-0.2, -0.15) is 0 Å². The van der Waals surface area contributed by atoms with Gasteiger partial charge in [0.25, 0.3) is 10.0 Å². The average Bonchev–Trinajstić information content (AvgIpc) is 2.55. The summed E-state index contributed by atoms with van der Waals surface area (Å²) in [4.78, 5) is 12.3. The number of hydrogen-bond acceptors (Lipinski definition) is 3. The fourth-order valence-corrected chi connectivity index (χ4v) is 3.67. The molecule has 0 saturated heterocycles. The third kappa shape index (κ3) is 5.90. The number of amides is 1. The van der Waals surface area contributed by atoms with Gasteiger partial charge in [0, 0.05) is 12.1 Å². The van der Waals surface area contributed by atoms with Crippen molar-refractivity contribution in [1.29, 1.82) is 0 Å². The number of rotatable bonds is 8. The molecule has 0 bridgehead atoms. The summed E-state index contributed by atoms with van der Waals surface area (Å²) in [5.74, 6) is 0.258. The van der Waals surface area contributed by atoms with Crippen LogP contribution in [0.4, 0.5) is 11.4 Å². The van der Waals surface area contributed by atoms with Crippen LogP contribution in [0.25, 0.3) is 0 Å². The molecule has 0 aliphatic rings. The summed E-state index contributed by atoms with van der Waals surface area (Å²) >= 11 is 0. The molecule has 5 nitrogen and oxygen atoms in total. The molecule has 0 heterocycles. The molecule has 2 aromatic carbocycles. The van der Waals surface area contributed by atoms with E-state index in [1.165, 1.54) is 12.1 Å². The van der Waals surface area contributed by atoms with Crippen molar-refractivity contribution in [2.75, 3.05) is 10.0 Å². The van der Waals surface area contributed by atoms with Crippen LogP contribution < -0.4 is 10.0 Å². The minimum absolute atomic E-state index is 0.0657. The van der Waals surface area contributed by atoms with E-state index in [-0.39, 0.29) is 10.8 Å². The van der Waals surface area contributed by atoms with E-state index in [2.05, 4.69) is 17.0 Å². The van der Waals surface area contributed by atoms with Crippen molar-refractivity contribution in [3.8, 4) is 0 Å². The van der Waals surface area contributed by atoms with Crippen LogP contribution in [0.5, 0.6) is 0 Å². The number of carbonyl (C=O) groups excluding carboxylic acids is 1. The second-order valence-corrected chi connectivity index (χ2v) is 7.83. The van der Waals surface area contributed by atoms with Gasteiger partial charge in [0.15, 0.2) is 0 Å². The molecule has 0 radical (unpaired) electrons. The number of hydrogen-bond donors (Lipinski definition) is 2. The van der Waals surface area contributed by atoms with E-state index < -0.39 is 10.0 Å². The molecule has 1 atom stereocenters. The van der Waals surface area contributed by atoms with Gasteiger partial charge in [-0.1, -0.05) is 51.0 Å². The third-order valence-corrected chi connectivity index (χ3v) is 5.16. The van der Waals surface area contributed by atoms with Crippen molar-refractivity contribution in [2.24, 2.45) is 5.92 Å². The first kappa shape index (κ1) is 19.0. The molecule has 0 aliphatic heterocycles. The Morgan fingerprint density at radius 2 is 1.72 bits per heavy atom. The summed E-state index contributed by atoms with van der Waals surface area (Å²) in [5.41, 5.74) is 0.977. The van der Waals surface area contributed by atoms with E-state index in [0.717, 1.165) is 12.8 Å². The number of carbonyl (C=O) groups is 1. The Morgan fingerprint density at radius 1 is 1.04 bits per heavy atom. The van der Waals surface area contributed by atoms with E-state index in [9.17, 15) is 13.2 Å². The second kappa shape index (κ2) is 8.67. The Bertz CT molecular complexity index is 804. The minimum atomic E-state index is -3.65. The number of anilines is 2. The quantitative estimate of drug-likeness (QED) is 0.739. The predicted molar refractivity (Wildman–Crippen MR) is 101 cm³/mol. The van der Waals surface area contributed by atoms with Gasteiger partial charge in [0.1, 0.15) is 0 Å². The van der Waals surface area contributed by atoms with Crippen molar-refractivity contribution in [2.45, 2.75) is 38.0 Å². The monoisotopic (exact) mass is 360 g/mol. The standard InChI is InChI=1S/C19H24N2O3S/c1-3-8-15(2)13-19(22)20-16-9-7-10-17(14-16)21-25(23,24)18-11-5-4-6-12-18/h4-7,9-12,14-15,21H,3,8,13H2,1-2H3,(H,20,22). The molecule has 1 unspecified atom stereocenters. The fourth-order valence-electron chi connectivity index (χ4n) is 2.60. The third-order valence-electron chi connectivity index (χ3n) is 3.77. The van der Waals surface area contributed by atoms with E-state index in [0.29, 0.717) is 23.7 Å². The molecule has 0 saturated carbocycles. The first-order chi connectivity index (χ1) is 11.9. The highest BCUT2D eigenvalue weighted by molar-refractivity contribution is 7.92. The van der Waals surface area contributed by atoms with Crippen LogP contribution in [-0.4, -0.2) is 14.3 Å². The normalized spacial score (nSPS) is 12.4. The van der Waals surface area contributed by atoms with Crippen molar-refractivity contribution in [3.05, 3.63) is 54.6 Å². The van der Waals surface area contributed by atoms with Gasteiger partial charge in [-0.15, -0.1) is 0 Å². The molecule has 134 valence electrons. The van der Waals surface area contributed by atoms with Gasteiger partial charge in [0.05, 0.1) is 10.6 Å². The molecule has 0 aromatic heterocycles. The topological polar surface area (TPSA) is 75.3 Å². The molecule has 0 fully saturated rings. The van der Waals surface area contributed by atoms with Crippen LogP contribution in [0.1, 0.15) is 33.1 Å². The summed E-state index contributed by atoms with van der Waals surface area (Å²) in [6.07, 6.45) is 2.50. The second-order valence-electron chi connectivity index (χ2n) is 6.15. The summed E-state index contributed by atoms with van der Waals surface area (Å²) in [6, 6.07) is 14.9. The smallest absolute Gasteiger partial charge is 0.261 e. The number of sulfonamides is 1. The molecule has 0 aliphatic carbocycles. The molecule has 1 amide bonds. The lowest BCUT2D eigenvalue weighted by Gasteiger charge is -2.12.